The summed E-state index contributed by atoms with van der Waals surface area (Å²) in [6.45, 7) is 3.76. The molecule has 0 aliphatic carbocycles. The van der Waals surface area contributed by atoms with E-state index < -0.39 is 16.9 Å². The molecular formula is C10H14N4O4. The van der Waals surface area contributed by atoms with Crippen molar-refractivity contribution in [2.24, 2.45) is 0 Å². The first kappa shape index (κ1) is 13.7. The molecule has 1 rings (SSSR count). The van der Waals surface area contributed by atoms with Gasteiger partial charge in [0.05, 0.1) is 11.1 Å². The fraction of sp³-hybridized carbons (Fsp3) is 0.400. The summed E-state index contributed by atoms with van der Waals surface area (Å²) in [7, 11) is 0. The van der Waals surface area contributed by atoms with E-state index in [0.29, 0.717) is 6.54 Å². The fourth-order valence-corrected chi connectivity index (χ4v) is 1.29. The van der Waals surface area contributed by atoms with Gasteiger partial charge in [0.15, 0.2) is 0 Å². The molecule has 1 heterocycles. The predicted molar refractivity (Wildman–Crippen MR) is 63.1 cm³/mol. The van der Waals surface area contributed by atoms with Gasteiger partial charge in [-0.25, -0.2) is 0 Å². The average Bonchev–Trinajstić information content (AvgIpc) is 2.78. The molecule has 0 aliphatic rings. The largest absolute Gasteiger partial charge is 0.355 e. The summed E-state index contributed by atoms with van der Waals surface area (Å²) >= 11 is 0. The Labute approximate surface area is 103 Å². The Morgan fingerprint density at radius 3 is 2.72 bits per heavy atom. The SMILES string of the molecule is CCNC(=O)[C@H](C)NC(=O)c1cc([N+](=O)[O-])c[nH]1. The number of carbonyl (C=O) groups is 2. The number of aromatic amines is 1. The van der Waals surface area contributed by atoms with Crippen LogP contribution in [0.25, 0.3) is 0 Å². The first-order valence-electron chi connectivity index (χ1n) is 5.37. The summed E-state index contributed by atoms with van der Waals surface area (Å²) in [6, 6.07) is 0.402. The van der Waals surface area contributed by atoms with E-state index in [-0.39, 0.29) is 17.3 Å². The van der Waals surface area contributed by atoms with Crippen molar-refractivity contribution < 1.29 is 14.5 Å². The van der Waals surface area contributed by atoms with Crippen molar-refractivity contribution in [1.29, 1.82) is 0 Å². The third-order valence-electron chi connectivity index (χ3n) is 2.22. The number of nitro groups is 1. The average molecular weight is 254 g/mol. The molecule has 98 valence electrons. The maximum absolute atomic E-state index is 11.7. The van der Waals surface area contributed by atoms with E-state index in [9.17, 15) is 19.7 Å². The number of rotatable bonds is 5. The zero-order valence-corrected chi connectivity index (χ0v) is 10.0. The lowest BCUT2D eigenvalue weighted by atomic mass is 10.3. The highest BCUT2D eigenvalue weighted by Crippen LogP contribution is 2.11. The van der Waals surface area contributed by atoms with Crippen molar-refractivity contribution in [3.63, 3.8) is 0 Å². The Morgan fingerprint density at radius 1 is 1.56 bits per heavy atom. The van der Waals surface area contributed by atoms with Crippen LogP contribution >= 0.6 is 0 Å². The summed E-state index contributed by atoms with van der Waals surface area (Å²) in [5, 5.41) is 15.4. The van der Waals surface area contributed by atoms with E-state index in [2.05, 4.69) is 15.6 Å². The van der Waals surface area contributed by atoms with Crippen LogP contribution in [0.1, 0.15) is 24.3 Å². The standard InChI is InChI=1S/C10H14N4O4/c1-3-11-9(15)6(2)13-10(16)8-4-7(5-12-8)14(17)18/h4-6,12H,3H2,1-2H3,(H,11,15)(H,13,16)/t6-/m0/s1. The number of aromatic nitrogens is 1. The quantitative estimate of drug-likeness (QED) is 0.513. The van der Waals surface area contributed by atoms with Gasteiger partial charge in [-0.05, 0) is 13.8 Å². The van der Waals surface area contributed by atoms with E-state index in [0.717, 1.165) is 12.3 Å². The Kier molecular flexibility index (Phi) is 4.41. The van der Waals surface area contributed by atoms with Crippen molar-refractivity contribution in [1.82, 2.24) is 15.6 Å². The lowest BCUT2D eigenvalue weighted by Crippen LogP contribution is -2.44. The number of amides is 2. The van der Waals surface area contributed by atoms with Crippen molar-refractivity contribution in [2.75, 3.05) is 6.54 Å². The Hall–Kier alpha value is -2.38. The molecule has 0 fully saturated rings. The van der Waals surface area contributed by atoms with Crippen LogP contribution < -0.4 is 10.6 Å². The molecule has 1 atom stereocenters. The van der Waals surface area contributed by atoms with Crippen LogP contribution in [-0.4, -0.2) is 34.3 Å². The van der Waals surface area contributed by atoms with E-state index in [4.69, 9.17) is 0 Å². The zero-order chi connectivity index (χ0) is 13.7. The van der Waals surface area contributed by atoms with E-state index in [1.165, 1.54) is 6.92 Å². The molecule has 0 aliphatic heterocycles. The topological polar surface area (TPSA) is 117 Å². The van der Waals surface area contributed by atoms with Gasteiger partial charge >= 0.3 is 0 Å². The van der Waals surface area contributed by atoms with Gasteiger partial charge in [0.2, 0.25) is 5.91 Å². The molecule has 8 nitrogen and oxygen atoms in total. The van der Waals surface area contributed by atoms with Gasteiger partial charge in [0, 0.05) is 12.6 Å². The number of hydrogen-bond acceptors (Lipinski definition) is 4. The normalized spacial score (nSPS) is 11.7. The van der Waals surface area contributed by atoms with Gasteiger partial charge in [-0.3, -0.25) is 19.7 Å². The minimum Gasteiger partial charge on any atom is -0.355 e. The van der Waals surface area contributed by atoms with Crippen LogP contribution in [0.3, 0.4) is 0 Å². The summed E-state index contributed by atoms with van der Waals surface area (Å²) in [6.07, 6.45) is 1.12. The molecule has 1 aromatic rings. The highest BCUT2D eigenvalue weighted by Gasteiger charge is 2.19. The summed E-state index contributed by atoms with van der Waals surface area (Å²) in [5.41, 5.74) is -0.163. The second-order valence-electron chi connectivity index (χ2n) is 3.62. The summed E-state index contributed by atoms with van der Waals surface area (Å²) in [5.74, 6) is -0.881. The van der Waals surface area contributed by atoms with Crippen LogP contribution in [0.15, 0.2) is 12.3 Å². The molecule has 0 saturated carbocycles. The Bertz CT molecular complexity index is 468. The van der Waals surface area contributed by atoms with Gasteiger partial charge in [-0.15, -0.1) is 0 Å². The fourth-order valence-electron chi connectivity index (χ4n) is 1.29. The Morgan fingerprint density at radius 2 is 2.22 bits per heavy atom. The first-order chi connectivity index (χ1) is 8.45. The van der Waals surface area contributed by atoms with Gasteiger partial charge < -0.3 is 15.6 Å². The maximum atomic E-state index is 11.7. The lowest BCUT2D eigenvalue weighted by molar-refractivity contribution is -0.384. The molecule has 0 spiro atoms. The Balaban J connectivity index is 2.64. The minimum atomic E-state index is -0.709. The number of likely N-dealkylation sites (N-methyl/N-ethyl adjacent to an activating group) is 1. The zero-order valence-electron chi connectivity index (χ0n) is 10.0. The molecule has 0 bridgehead atoms. The molecular weight excluding hydrogens is 240 g/mol. The highest BCUT2D eigenvalue weighted by atomic mass is 16.6. The van der Waals surface area contributed by atoms with Crippen LogP contribution in [0.4, 0.5) is 5.69 Å². The molecule has 0 radical (unpaired) electrons. The van der Waals surface area contributed by atoms with E-state index >= 15 is 0 Å². The number of H-pyrrole nitrogens is 1. The smallest absolute Gasteiger partial charge is 0.287 e. The molecule has 8 heteroatoms. The number of hydrogen-bond donors (Lipinski definition) is 3. The van der Waals surface area contributed by atoms with Crippen LogP contribution in [0.2, 0.25) is 0 Å². The first-order valence-corrected chi connectivity index (χ1v) is 5.37. The molecule has 2 amide bonds. The van der Waals surface area contributed by atoms with Gasteiger partial charge in [-0.1, -0.05) is 0 Å². The highest BCUT2D eigenvalue weighted by molar-refractivity contribution is 5.96. The molecule has 0 unspecified atom stereocenters. The lowest BCUT2D eigenvalue weighted by Gasteiger charge is -2.12. The van der Waals surface area contributed by atoms with Gasteiger partial charge in [-0.2, -0.15) is 0 Å². The third kappa shape index (κ3) is 3.30. The molecule has 18 heavy (non-hydrogen) atoms. The number of nitrogens with one attached hydrogen (secondary N) is 3. The predicted octanol–water partition coefficient (Wildman–Crippen LogP) is 0.177. The summed E-state index contributed by atoms with van der Waals surface area (Å²) in [4.78, 5) is 35.3. The van der Waals surface area contributed by atoms with E-state index in [1.807, 2.05) is 0 Å². The summed E-state index contributed by atoms with van der Waals surface area (Å²) < 4.78 is 0. The monoisotopic (exact) mass is 254 g/mol. The molecule has 3 N–H and O–H groups in total. The third-order valence-corrected chi connectivity index (χ3v) is 2.22. The minimum absolute atomic E-state index is 0.0397. The van der Waals surface area contributed by atoms with Gasteiger partial charge in [0.25, 0.3) is 11.6 Å². The van der Waals surface area contributed by atoms with Crippen LogP contribution in [-0.2, 0) is 4.79 Å². The van der Waals surface area contributed by atoms with Crippen LogP contribution in [0, 0.1) is 10.1 Å². The van der Waals surface area contributed by atoms with Crippen molar-refractivity contribution >= 4 is 17.5 Å². The molecule has 0 saturated heterocycles. The van der Waals surface area contributed by atoms with Crippen LogP contribution in [0.5, 0.6) is 0 Å². The van der Waals surface area contributed by atoms with E-state index in [1.54, 1.807) is 6.92 Å². The second-order valence-corrected chi connectivity index (χ2v) is 3.62. The number of nitrogens with zero attached hydrogens (tertiary/aromatic N) is 1. The van der Waals surface area contributed by atoms with Gasteiger partial charge in [0.1, 0.15) is 11.7 Å². The maximum Gasteiger partial charge on any atom is 0.287 e. The molecule has 0 aromatic carbocycles. The van der Waals surface area contributed by atoms with Crippen molar-refractivity contribution in [2.45, 2.75) is 19.9 Å². The second kappa shape index (κ2) is 5.80. The molecule has 1 aromatic heterocycles. The number of carbonyl (C=O) groups excluding carboxylic acids is 2. The van der Waals surface area contributed by atoms with Crippen molar-refractivity contribution in [3.8, 4) is 0 Å². The van der Waals surface area contributed by atoms with Crippen molar-refractivity contribution in [3.05, 3.63) is 28.1 Å².